The number of hydrogen-bond acceptors (Lipinski definition) is 4. The zero-order valence-corrected chi connectivity index (χ0v) is 10.9. The molecule has 0 aliphatic carbocycles. The number of para-hydroxylation sites is 1. The van der Waals surface area contributed by atoms with Crippen molar-refractivity contribution in [1.82, 2.24) is 0 Å². The Morgan fingerprint density at radius 1 is 1.10 bits per heavy atom. The summed E-state index contributed by atoms with van der Waals surface area (Å²) < 4.78 is 10.9. The van der Waals surface area contributed by atoms with Crippen molar-refractivity contribution in [3.63, 3.8) is 0 Å². The summed E-state index contributed by atoms with van der Waals surface area (Å²) in [5, 5.41) is 10.2. The van der Waals surface area contributed by atoms with Gasteiger partial charge in [-0.15, -0.1) is 0 Å². The normalized spacial score (nSPS) is 21.0. The molecule has 0 bridgehead atoms. The summed E-state index contributed by atoms with van der Waals surface area (Å²) in [4.78, 5) is 12.2. The minimum atomic E-state index is -1.20. The lowest BCUT2D eigenvalue weighted by Gasteiger charge is -2.29. The molecule has 1 aliphatic rings. The number of carbonyl (C=O) groups excluding carboxylic acids is 1. The molecule has 2 aromatic rings. The largest absolute Gasteiger partial charge is 0.497 e. The lowest BCUT2D eigenvalue weighted by Crippen LogP contribution is -2.36. The molecule has 3 rings (SSSR count). The first-order valence-electron chi connectivity index (χ1n) is 6.32. The van der Waals surface area contributed by atoms with Gasteiger partial charge in [-0.1, -0.05) is 24.3 Å². The van der Waals surface area contributed by atoms with Crippen molar-refractivity contribution in [2.75, 3.05) is 7.11 Å². The fourth-order valence-electron chi connectivity index (χ4n) is 2.31. The summed E-state index contributed by atoms with van der Waals surface area (Å²) in [6.45, 7) is 0. The highest BCUT2D eigenvalue weighted by atomic mass is 16.5. The van der Waals surface area contributed by atoms with E-state index in [1.54, 1.807) is 55.6 Å². The molecule has 1 aliphatic heterocycles. The van der Waals surface area contributed by atoms with Gasteiger partial charge in [0.25, 0.3) is 0 Å². The van der Waals surface area contributed by atoms with Crippen LogP contribution in [0.5, 0.6) is 11.5 Å². The fourth-order valence-corrected chi connectivity index (χ4v) is 2.31. The summed E-state index contributed by atoms with van der Waals surface area (Å²) >= 11 is 0. The summed E-state index contributed by atoms with van der Waals surface area (Å²) in [7, 11) is 1.58. The molecule has 0 radical (unpaired) electrons. The number of aliphatic hydroxyl groups excluding tert-OH is 1. The Bertz CT molecular complexity index is 633. The Kier molecular flexibility index (Phi) is 3.16. The SMILES string of the molecule is COc1ccc([C@@H]2Oc3ccccc3C(=O)[C@H]2O)cc1. The van der Waals surface area contributed by atoms with Crippen LogP contribution in [0.4, 0.5) is 0 Å². The predicted octanol–water partition coefficient (Wildman–Crippen LogP) is 2.37. The second-order valence-corrected chi connectivity index (χ2v) is 4.62. The molecular formula is C16H14O4. The van der Waals surface area contributed by atoms with E-state index in [1.165, 1.54) is 0 Å². The minimum absolute atomic E-state index is 0.312. The molecule has 0 aromatic heterocycles. The Morgan fingerprint density at radius 3 is 2.50 bits per heavy atom. The van der Waals surface area contributed by atoms with Crippen molar-refractivity contribution in [2.24, 2.45) is 0 Å². The first-order valence-corrected chi connectivity index (χ1v) is 6.32. The minimum Gasteiger partial charge on any atom is -0.497 e. The molecule has 4 heteroatoms. The van der Waals surface area contributed by atoms with E-state index >= 15 is 0 Å². The molecule has 2 aromatic carbocycles. The molecule has 0 saturated carbocycles. The number of methoxy groups -OCH3 is 1. The summed E-state index contributed by atoms with van der Waals surface area (Å²) in [5.41, 5.74) is 1.16. The molecule has 0 amide bonds. The van der Waals surface area contributed by atoms with Gasteiger partial charge in [-0.05, 0) is 29.8 Å². The lowest BCUT2D eigenvalue weighted by atomic mass is 9.93. The zero-order chi connectivity index (χ0) is 14.1. The Morgan fingerprint density at radius 2 is 1.80 bits per heavy atom. The molecule has 0 fully saturated rings. The molecule has 0 saturated heterocycles. The first kappa shape index (κ1) is 12.7. The van der Waals surface area contributed by atoms with Crippen molar-refractivity contribution in [3.8, 4) is 11.5 Å². The summed E-state index contributed by atoms with van der Waals surface area (Å²) in [6.07, 6.45) is -1.89. The molecule has 0 spiro atoms. The highest BCUT2D eigenvalue weighted by molar-refractivity contribution is 6.03. The van der Waals surface area contributed by atoms with E-state index in [0.717, 1.165) is 5.56 Å². The van der Waals surface area contributed by atoms with Gasteiger partial charge in [0, 0.05) is 0 Å². The van der Waals surface area contributed by atoms with Crippen LogP contribution in [0.25, 0.3) is 0 Å². The van der Waals surface area contributed by atoms with Crippen LogP contribution in [0.1, 0.15) is 22.0 Å². The van der Waals surface area contributed by atoms with Crippen LogP contribution in [0.2, 0.25) is 0 Å². The van der Waals surface area contributed by atoms with Gasteiger partial charge in [-0.25, -0.2) is 0 Å². The van der Waals surface area contributed by atoms with E-state index in [4.69, 9.17) is 9.47 Å². The van der Waals surface area contributed by atoms with E-state index < -0.39 is 12.2 Å². The smallest absolute Gasteiger partial charge is 0.199 e. The number of hydrogen-bond donors (Lipinski definition) is 1. The van der Waals surface area contributed by atoms with Crippen LogP contribution in [-0.4, -0.2) is 24.1 Å². The van der Waals surface area contributed by atoms with Gasteiger partial charge < -0.3 is 14.6 Å². The third-order valence-corrected chi connectivity index (χ3v) is 3.41. The van der Waals surface area contributed by atoms with Crippen LogP contribution in [0.15, 0.2) is 48.5 Å². The van der Waals surface area contributed by atoms with Crippen LogP contribution in [0, 0.1) is 0 Å². The second-order valence-electron chi connectivity index (χ2n) is 4.62. The van der Waals surface area contributed by atoms with Crippen LogP contribution in [-0.2, 0) is 0 Å². The summed E-state index contributed by atoms with van der Waals surface area (Å²) in [6, 6.07) is 14.1. The molecule has 1 heterocycles. The van der Waals surface area contributed by atoms with Gasteiger partial charge in [0.2, 0.25) is 0 Å². The fraction of sp³-hybridized carbons (Fsp3) is 0.188. The standard InChI is InChI=1S/C16H14O4/c1-19-11-8-6-10(7-9-11)16-15(18)14(17)12-4-2-3-5-13(12)20-16/h2-9,15-16,18H,1H3/t15-,16+/m1/s1. The molecule has 1 N–H and O–H groups in total. The number of rotatable bonds is 2. The Labute approximate surface area is 116 Å². The molecule has 4 nitrogen and oxygen atoms in total. The van der Waals surface area contributed by atoms with Crippen molar-refractivity contribution < 1.29 is 19.4 Å². The van der Waals surface area contributed by atoms with Gasteiger partial charge in [-0.3, -0.25) is 4.79 Å². The number of carbonyl (C=O) groups is 1. The van der Waals surface area contributed by atoms with Crippen LogP contribution < -0.4 is 9.47 Å². The predicted molar refractivity (Wildman–Crippen MR) is 73.1 cm³/mol. The van der Waals surface area contributed by atoms with Crippen LogP contribution >= 0.6 is 0 Å². The molecule has 20 heavy (non-hydrogen) atoms. The lowest BCUT2D eigenvalue weighted by molar-refractivity contribution is 0.0216. The average Bonchev–Trinajstić information content (AvgIpc) is 2.51. The third-order valence-electron chi connectivity index (χ3n) is 3.41. The van der Waals surface area contributed by atoms with E-state index in [1.807, 2.05) is 0 Å². The maximum Gasteiger partial charge on any atom is 0.199 e. The van der Waals surface area contributed by atoms with Crippen molar-refractivity contribution in [2.45, 2.75) is 12.2 Å². The van der Waals surface area contributed by atoms with Gasteiger partial charge in [0.05, 0.1) is 12.7 Å². The maximum atomic E-state index is 12.2. The topological polar surface area (TPSA) is 55.8 Å². The average molecular weight is 270 g/mol. The number of fused-ring (bicyclic) bond motifs is 1. The monoisotopic (exact) mass is 270 g/mol. The van der Waals surface area contributed by atoms with E-state index in [2.05, 4.69) is 0 Å². The molecule has 102 valence electrons. The number of benzene rings is 2. The van der Waals surface area contributed by atoms with Crippen molar-refractivity contribution >= 4 is 5.78 Å². The highest BCUT2D eigenvalue weighted by Crippen LogP contribution is 2.35. The Hall–Kier alpha value is -2.33. The number of ether oxygens (including phenoxy) is 2. The van der Waals surface area contributed by atoms with Crippen molar-refractivity contribution in [1.29, 1.82) is 0 Å². The van der Waals surface area contributed by atoms with Gasteiger partial charge in [0.15, 0.2) is 18.0 Å². The second kappa shape index (κ2) is 4.98. The third kappa shape index (κ3) is 2.04. The molecular weight excluding hydrogens is 256 g/mol. The zero-order valence-electron chi connectivity index (χ0n) is 10.9. The number of aliphatic hydroxyl groups is 1. The van der Waals surface area contributed by atoms with Gasteiger partial charge >= 0.3 is 0 Å². The van der Waals surface area contributed by atoms with Gasteiger partial charge in [0.1, 0.15) is 11.5 Å². The van der Waals surface area contributed by atoms with Crippen LogP contribution in [0.3, 0.4) is 0 Å². The quantitative estimate of drug-likeness (QED) is 0.910. The van der Waals surface area contributed by atoms with Crippen molar-refractivity contribution in [3.05, 3.63) is 59.7 Å². The van der Waals surface area contributed by atoms with E-state index in [9.17, 15) is 9.90 Å². The van der Waals surface area contributed by atoms with Gasteiger partial charge in [-0.2, -0.15) is 0 Å². The van der Waals surface area contributed by atoms with E-state index in [0.29, 0.717) is 17.1 Å². The molecule has 0 unspecified atom stereocenters. The number of Topliss-reactive ketones (excluding diaryl/α,β-unsaturated/α-hetero) is 1. The Balaban J connectivity index is 1.97. The molecule has 2 atom stereocenters. The van der Waals surface area contributed by atoms with E-state index in [-0.39, 0.29) is 5.78 Å². The summed E-state index contributed by atoms with van der Waals surface area (Å²) in [5.74, 6) is 0.905. The first-order chi connectivity index (χ1) is 9.70. The maximum absolute atomic E-state index is 12.2. The number of ketones is 1. The highest BCUT2D eigenvalue weighted by Gasteiger charge is 2.36.